The molecule has 110 valence electrons. The molecule has 0 unspecified atom stereocenters. The van der Waals surface area contributed by atoms with Crippen LogP contribution in [0.25, 0.3) is 5.69 Å². The van der Waals surface area contributed by atoms with E-state index in [1.165, 1.54) is 29.4 Å². The van der Waals surface area contributed by atoms with Gasteiger partial charge >= 0.3 is 6.18 Å². The van der Waals surface area contributed by atoms with Crippen LogP contribution < -0.4 is 11.5 Å². The minimum atomic E-state index is -4.72. The zero-order chi connectivity index (χ0) is 15.6. The van der Waals surface area contributed by atoms with Crippen LogP contribution in [-0.4, -0.2) is 21.4 Å². The number of nitrogens with zero attached hydrogens (tertiary/aromatic N) is 3. The van der Waals surface area contributed by atoms with E-state index in [4.69, 9.17) is 11.5 Å². The number of rotatable bonds is 2. The van der Waals surface area contributed by atoms with Gasteiger partial charge in [-0.15, -0.1) is 0 Å². The van der Waals surface area contributed by atoms with E-state index in [1.807, 2.05) is 0 Å². The summed E-state index contributed by atoms with van der Waals surface area (Å²) in [5, 5.41) is 0. The molecule has 2 aromatic rings. The fourth-order valence-corrected chi connectivity index (χ4v) is 1.70. The van der Waals surface area contributed by atoms with Crippen LogP contribution >= 0.6 is 0 Å². The molecule has 0 saturated heterocycles. The Bertz CT molecular complexity index is 687. The van der Waals surface area contributed by atoms with E-state index >= 15 is 0 Å². The van der Waals surface area contributed by atoms with E-state index in [1.54, 1.807) is 0 Å². The van der Waals surface area contributed by atoms with Crippen molar-refractivity contribution in [3.05, 3.63) is 48.0 Å². The number of alkyl halides is 3. The number of halogens is 3. The predicted molar refractivity (Wildman–Crippen MR) is 68.7 cm³/mol. The van der Waals surface area contributed by atoms with Crippen molar-refractivity contribution in [3.63, 3.8) is 0 Å². The van der Waals surface area contributed by atoms with Crippen LogP contribution in [0.4, 0.5) is 13.2 Å². The lowest BCUT2D eigenvalue weighted by Crippen LogP contribution is -2.25. The molecule has 1 aromatic carbocycles. The third-order valence-corrected chi connectivity index (χ3v) is 2.57. The Labute approximate surface area is 116 Å². The number of guanidine groups is 1. The van der Waals surface area contributed by atoms with Crippen LogP contribution in [0.15, 0.2) is 41.9 Å². The van der Waals surface area contributed by atoms with Gasteiger partial charge in [0.15, 0.2) is 5.96 Å². The first-order chi connectivity index (χ1) is 9.79. The lowest BCUT2D eigenvalue weighted by atomic mass is 10.1. The molecule has 0 aliphatic rings. The fourth-order valence-electron chi connectivity index (χ4n) is 1.70. The Balaban J connectivity index is 2.57. The van der Waals surface area contributed by atoms with Gasteiger partial charge in [-0.2, -0.15) is 18.2 Å². The minimum absolute atomic E-state index is 0.209. The summed E-state index contributed by atoms with van der Waals surface area (Å²) in [5.41, 5.74) is 8.48. The van der Waals surface area contributed by atoms with Crippen LogP contribution in [0.1, 0.15) is 15.9 Å². The molecule has 1 heterocycles. The minimum Gasteiger partial charge on any atom is -0.370 e. The molecule has 0 aliphatic carbocycles. The summed E-state index contributed by atoms with van der Waals surface area (Å²) >= 11 is 0. The number of benzene rings is 1. The molecular weight excluding hydrogens is 287 g/mol. The highest BCUT2D eigenvalue weighted by Crippen LogP contribution is 2.33. The van der Waals surface area contributed by atoms with Gasteiger partial charge in [-0.3, -0.25) is 4.79 Å². The Morgan fingerprint density at radius 1 is 1.29 bits per heavy atom. The number of aliphatic imine (C=N–C) groups is 1. The smallest absolute Gasteiger partial charge is 0.370 e. The highest BCUT2D eigenvalue weighted by Gasteiger charge is 2.35. The Morgan fingerprint density at radius 2 is 2.00 bits per heavy atom. The average molecular weight is 297 g/mol. The third kappa shape index (κ3) is 3.19. The average Bonchev–Trinajstić information content (AvgIpc) is 2.90. The van der Waals surface area contributed by atoms with Crippen LogP contribution in [0.3, 0.4) is 0 Å². The standard InChI is InChI=1S/C12H10F3N5O/c13-12(14,15)9-5-7(20-4-3-18-6-20)1-2-8(9)10(21)19-11(16)17/h1-6H,(H4,16,17,19,21). The fraction of sp³-hybridized carbons (Fsp3) is 0.0833. The molecule has 0 bridgehead atoms. The highest BCUT2D eigenvalue weighted by molar-refractivity contribution is 6.03. The summed E-state index contributed by atoms with van der Waals surface area (Å²) in [6.07, 6.45) is -0.480. The largest absolute Gasteiger partial charge is 0.417 e. The molecule has 0 radical (unpaired) electrons. The first-order valence-electron chi connectivity index (χ1n) is 5.62. The molecule has 9 heteroatoms. The van der Waals surface area contributed by atoms with E-state index in [0.717, 1.165) is 12.1 Å². The quantitative estimate of drug-likeness (QED) is 0.644. The molecule has 0 fully saturated rings. The molecule has 6 nitrogen and oxygen atoms in total. The number of imidazole rings is 1. The molecule has 1 aromatic heterocycles. The topological polar surface area (TPSA) is 99.3 Å². The summed E-state index contributed by atoms with van der Waals surface area (Å²) in [7, 11) is 0. The normalized spacial score (nSPS) is 11.2. The van der Waals surface area contributed by atoms with E-state index in [2.05, 4.69) is 9.98 Å². The van der Waals surface area contributed by atoms with Gasteiger partial charge < -0.3 is 16.0 Å². The molecule has 0 saturated carbocycles. The van der Waals surface area contributed by atoms with Crippen LogP contribution in [0.2, 0.25) is 0 Å². The van der Waals surface area contributed by atoms with Crippen LogP contribution in [-0.2, 0) is 6.18 Å². The lowest BCUT2D eigenvalue weighted by Gasteiger charge is -2.13. The molecule has 2 rings (SSSR count). The number of amides is 1. The summed E-state index contributed by atoms with van der Waals surface area (Å²) < 4.78 is 40.6. The molecular formula is C12H10F3N5O. The second-order valence-electron chi connectivity index (χ2n) is 4.04. The van der Waals surface area contributed by atoms with E-state index < -0.39 is 29.2 Å². The van der Waals surface area contributed by atoms with Gasteiger partial charge in [0, 0.05) is 18.1 Å². The highest BCUT2D eigenvalue weighted by atomic mass is 19.4. The van der Waals surface area contributed by atoms with E-state index in [9.17, 15) is 18.0 Å². The molecule has 4 N–H and O–H groups in total. The molecule has 0 atom stereocenters. The predicted octanol–water partition coefficient (Wildman–Crippen LogP) is 1.30. The van der Waals surface area contributed by atoms with E-state index in [-0.39, 0.29) is 5.69 Å². The van der Waals surface area contributed by atoms with Crippen LogP contribution in [0, 0.1) is 0 Å². The third-order valence-electron chi connectivity index (χ3n) is 2.57. The van der Waals surface area contributed by atoms with Gasteiger partial charge in [0.05, 0.1) is 17.5 Å². The lowest BCUT2D eigenvalue weighted by molar-refractivity contribution is -0.137. The Hall–Kier alpha value is -2.84. The van der Waals surface area contributed by atoms with Crippen molar-refractivity contribution in [2.45, 2.75) is 6.18 Å². The van der Waals surface area contributed by atoms with Crippen molar-refractivity contribution in [1.29, 1.82) is 0 Å². The maximum Gasteiger partial charge on any atom is 0.417 e. The Morgan fingerprint density at radius 3 is 2.52 bits per heavy atom. The van der Waals surface area contributed by atoms with Crippen molar-refractivity contribution in [2.24, 2.45) is 16.5 Å². The number of hydrogen-bond donors (Lipinski definition) is 2. The number of nitrogens with two attached hydrogens (primary N) is 2. The first-order valence-corrected chi connectivity index (χ1v) is 5.62. The number of carbonyl (C=O) groups excluding carboxylic acids is 1. The van der Waals surface area contributed by atoms with Gasteiger partial charge in [-0.05, 0) is 18.2 Å². The van der Waals surface area contributed by atoms with Crippen LogP contribution in [0.5, 0.6) is 0 Å². The summed E-state index contributed by atoms with van der Waals surface area (Å²) in [6, 6.07) is 3.19. The van der Waals surface area contributed by atoms with Gasteiger partial charge in [-0.25, -0.2) is 4.98 Å². The molecule has 0 spiro atoms. The first kappa shape index (κ1) is 14.6. The van der Waals surface area contributed by atoms with Gasteiger partial charge in [0.25, 0.3) is 5.91 Å². The molecule has 0 aliphatic heterocycles. The van der Waals surface area contributed by atoms with Crippen molar-refractivity contribution >= 4 is 11.9 Å². The number of carbonyl (C=O) groups is 1. The molecule has 21 heavy (non-hydrogen) atoms. The zero-order valence-electron chi connectivity index (χ0n) is 10.5. The number of hydrogen-bond acceptors (Lipinski definition) is 2. The second-order valence-corrected chi connectivity index (χ2v) is 4.04. The number of aromatic nitrogens is 2. The Kier molecular flexibility index (Phi) is 3.66. The van der Waals surface area contributed by atoms with E-state index in [0.29, 0.717) is 0 Å². The van der Waals surface area contributed by atoms with Crippen molar-refractivity contribution < 1.29 is 18.0 Å². The summed E-state index contributed by atoms with van der Waals surface area (Å²) in [6.45, 7) is 0. The molecule has 1 amide bonds. The van der Waals surface area contributed by atoms with Crippen molar-refractivity contribution in [1.82, 2.24) is 9.55 Å². The van der Waals surface area contributed by atoms with Gasteiger partial charge in [0.1, 0.15) is 0 Å². The summed E-state index contributed by atoms with van der Waals surface area (Å²) in [4.78, 5) is 18.5. The maximum atomic E-state index is 13.1. The van der Waals surface area contributed by atoms with Gasteiger partial charge in [0.2, 0.25) is 0 Å². The zero-order valence-corrected chi connectivity index (χ0v) is 10.5. The maximum absolute atomic E-state index is 13.1. The SMILES string of the molecule is NC(N)=NC(=O)c1ccc(-n2ccnc2)cc1C(F)(F)F. The van der Waals surface area contributed by atoms with Crippen molar-refractivity contribution in [3.8, 4) is 5.69 Å². The van der Waals surface area contributed by atoms with Crippen molar-refractivity contribution in [2.75, 3.05) is 0 Å². The monoisotopic (exact) mass is 297 g/mol. The van der Waals surface area contributed by atoms with Gasteiger partial charge in [-0.1, -0.05) is 0 Å². The second kappa shape index (κ2) is 5.27. The summed E-state index contributed by atoms with van der Waals surface area (Å²) in [5.74, 6) is -1.76.